The summed E-state index contributed by atoms with van der Waals surface area (Å²) in [5.74, 6) is -0.454. The first-order chi connectivity index (χ1) is 16.8. The van der Waals surface area contributed by atoms with Crippen LogP contribution in [0.3, 0.4) is 0 Å². The van der Waals surface area contributed by atoms with E-state index in [2.05, 4.69) is 43.8 Å². The number of aryl methyl sites for hydroxylation is 1. The molecule has 178 valence electrons. The number of hydrogen-bond acceptors (Lipinski definition) is 5. The molecule has 0 aromatic heterocycles. The van der Waals surface area contributed by atoms with E-state index in [-0.39, 0.29) is 5.57 Å². The summed E-state index contributed by atoms with van der Waals surface area (Å²) in [5.41, 5.74) is 2.74. The zero-order valence-electron chi connectivity index (χ0n) is 18.8. The molecule has 4 rings (SSSR count). The first-order valence-corrected chi connectivity index (χ1v) is 12.4. The Morgan fingerprint density at radius 2 is 1.71 bits per heavy atom. The molecule has 1 fully saturated rings. The lowest BCUT2D eigenvalue weighted by molar-refractivity contribution is -0.122. The number of nitrogens with zero attached hydrogens (tertiary/aromatic N) is 1. The van der Waals surface area contributed by atoms with Gasteiger partial charge in [0, 0.05) is 4.47 Å². The van der Waals surface area contributed by atoms with Crippen molar-refractivity contribution in [3.8, 4) is 11.5 Å². The van der Waals surface area contributed by atoms with Crippen molar-refractivity contribution in [3.05, 3.63) is 91.0 Å². The average molecular weight is 647 g/mol. The van der Waals surface area contributed by atoms with Crippen LogP contribution in [0.1, 0.15) is 16.7 Å². The predicted molar refractivity (Wildman–Crippen MR) is 144 cm³/mol. The fourth-order valence-electron chi connectivity index (χ4n) is 3.45. The molecule has 1 aliphatic heterocycles. The van der Waals surface area contributed by atoms with Crippen LogP contribution in [0.5, 0.6) is 11.5 Å². The fraction of sp³-hybridized carbons (Fsp3) is 0.115. The van der Waals surface area contributed by atoms with Gasteiger partial charge in [0.05, 0.1) is 16.4 Å². The van der Waals surface area contributed by atoms with E-state index in [9.17, 15) is 14.4 Å². The molecule has 0 aliphatic carbocycles. The van der Waals surface area contributed by atoms with E-state index in [1.165, 1.54) is 13.2 Å². The quantitative estimate of drug-likeness (QED) is 0.214. The summed E-state index contributed by atoms with van der Waals surface area (Å²) >= 11 is 5.53. The third kappa shape index (κ3) is 5.57. The second-order valence-electron chi connectivity index (χ2n) is 7.74. The van der Waals surface area contributed by atoms with Crippen LogP contribution in [-0.4, -0.2) is 25.0 Å². The zero-order valence-corrected chi connectivity index (χ0v) is 22.5. The van der Waals surface area contributed by atoms with Crippen LogP contribution in [0, 0.1) is 10.5 Å². The predicted octanol–water partition coefficient (Wildman–Crippen LogP) is 5.62. The molecule has 0 spiro atoms. The SMILES string of the molecule is COc1cc(/C=C2\C(=O)NC(=O)N(c3ccc(C)cc3)C2=O)cc(I)c1OCc1ccc(Br)cc1. The lowest BCUT2D eigenvalue weighted by Gasteiger charge is -2.26. The van der Waals surface area contributed by atoms with Crippen molar-refractivity contribution in [1.29, 1.82) is 0 Å². The molecule has 0 unspecified atom stereocenters. The van der Waals surface area contributed by atoms with E-state index in [1.807, 2.05) is 31.2 Å². The molecule has 0 atom stereocenters. The number of ether oxygens (including phenoxy) is 2. The molecule has 7 nitrogen and oxygen atoms in total. The van der Waals surface area contributed by atoms with Crippen LogP contribution in [0.4, 0.5) is 10.5 Å². The van der Waals surface area contributed by atoms with E-state index in [4.69, 9.17) is 9.47 Å². The number of carbonyl (C=O) groups is 3. The molecule has 3 aromatic rings. The monoisotopic (exact) mass is 646 g/mol. The summed E-state index contributed by atoms with van der Waals surface area (Å²) in [6.07, 6.45) is 1.44. The maximum absolute atomic E-state index is 13.1. The number of methoxy groups -OCH3 is 1. The van der Waals surface area contributed by atoms with Gasteiger partial charge in [-0.25, -0.2) is 9.69 Å². The molecule has 0 saturated carbocycles. The highest BCUT2D eigenvalue weighted by Crippen LogP contribution is 2.35. The number of anilines is 1. The van der Waals surface area contributed by atoms with E-state index < -0.39 is 17.8 Å². The smallest absolute Gasteiger partial charge is 0.335 e. The van der Waals surface area contributed by atoms with Crippen LogP contribution < -0.4 is 19.7 Å². The van der Waals surface area contributed by atoms with Crippen molar-refractivity contribution in [1.82, 2.24) is 5.32 Å². The van der Waals surface area contributed by atoms with E-state index in [0.717, 1.165) is 24.1 Å². The summed E-state index contributed by atoms with van der Waals surface area (Å²) in [6.45, 7) is 2.24. The lowest BCUT2D eigenvalue weighted by atomic mass is 10.1. The second kappa shape index (κ2) is 10.6. The number of nitrogens with one attached hydrogen (secondary N) is 1. The van der Waals surface area contributed by atoms with Crippen molar-refractivity contribution in [2.24, 2.45) is 0 Å². The van der Waals surface area contributed by atoms with Gasteiger partial charge in [-0.2, -0.15) is 0 Å². The molecular weight excluding hydrogens is 627 g/mol. The van der Waals surface area contributed by atoms with Crippen molar-refractivity contribution in [2.75, 3.05) is 12.0 Å². The number of hydrogen-bond donors (Lipinski definition) is 1. The molecule has 4 amide bonds. The minimum absolute atomic E-state index is 0.161. The zero-order chi connectivity index (χ0) is 25.1. The van der Waals surface area contributed by atoms with Crippen molar-refractivity contribution in [2.45, 2.75) is 13.5 Å². The average Bonchev–Trinajstić information content (AvgIpc) is 2.83. The molecule has 9 heteroatoms. The van der Waals surface area contributed by atoms with E-state index >= 15 is 0 Å². The van der Waals surface area contributed by atoms with E-state index in [0.29, 0.717) is 29.4 Å². The number of imide groups is 2. The van der Waals surface area contributed by atoms with Crippen molar-refractivity contribution >= 4 is 68.1 Å². The van der Waals surface area contributed by atoms with Crippen LogP contribution in [0.25, 0.3) is 6.08 Å². The molecule has 35 heavy (non-hydrogen) atoms. The molecule has 3 aromatic carbocycles. The third-order valence-electron chi connectivity index (χ3n) is 5.25. The van der Waals surface area contributed by atoms with Gasteiger partial charge in [0.2, 0.25) is 0 Å². The van der Waals surface area contributed by atoms with Crippen LogP contribution in [-0.2, 0) is 16.2 Å². The molecule has 1 N–H and O–H groups in total. The Kier molecular flexibility index (Phi) is 7.56. The summed E-state index contributed by atoms with van der Waals surface area (Å²) in [7, 11) is 1.52. The first-order valence-electron chi connectivity index (χ1n) is 10.5. The highest BCUT2D eigenvalue weighted by Gasteiger charge is 2.36. The number of rotatable bonds is 6. The van der Waals surface area contributed by atoms with Gasteiger partial charge in [0.1, 0.15) is 12.2 Å². The van der Waals surface area contributed by atoms with Gasteiger partial charge in [-0.1, -0.05) is 45.8 Å². The maximum Gasteiger partial charge on any atom is 0.335 e. The number of amides is 4. The Morgan fingerprint density at radius 1 is 1.03 bits per heavy atom. The Hall–Kier alpha value is -3.18. The number of benzene rings is 3. The molecule has 0 radical (unpaired) electrons. The Morgan fingerprint density at radius 3 is 2.37 bits per heavy atom. The highest BCUT2D eigenvalue weighted by atomic mass is 127. The van der Waals surface area contributed by atoms with E-state index in [1.54, 1.807) is 36.4 Å². The number of halogens is 2. The Balaban J connectivity index is 1.63. The van der Waals surface area contributed by atoms with Gasteiger partial charge in [0.15, 0.2) is 11.5 Å². The molecule has 0 bridgehead atoms. The second-order valence-corrected chi connectivity index (χ2v) is 9.82. The Labute approximate surface area is 224 Å². The molecule has 1 saturated heterocycles. The summed E-state index contributed by atoms with van der Waals surface area (Å²) in [6, 6.07) is 17.3. The third-order valence-corrected chi connectivity index (χ3v) is 6.58. The van der Waals surface area contributed by atoms with Gasteiger partial charge < -0.3 is 9.47 Å². The lowest BCUT2D eigenvalue weighted by Crippen LogP contribution is -2.54. The number of carbonyl (C=O) groups excluding carboxylic acids is 3. The topological polar surface area (TPSA) is 84.9 Å². The molecule has 1 aliphatic rings. The van der Waals surface area contributed by atoms with Gasteiger partial charge in [-0.15, -0.1) is 0 Å². The van der Waals surface area contributed by atoms with Gasteiger partial charge >= 0.3 is 6.03 Å². The summed E-state index contributed by atoms with van der Waals surface area (Å²) in [4.78, 5) is 39.0. The Bertz CT molecular complexity index is 1340. The fourth-order valence-corrected chi connectivity index (χ4v) is 4.50. The summed E-state index contributed by atoms with van der Waals surface area (Å²) in [5, 5.41) is 2.24. The minimum atomic E-state index is -0.787. The van der Waals surface area contributed by atoms with Crippen LogP contribution >= 0.6 is 38.5 Å². The maximum atomic E-state index is 13.1. The normalized spacial score (nSPS) is 14.8. The van der Waals surface area contributed by atoms with Crippen molar-refractivity contribution < 1.29 is 23.9 Å². The largest absolute Gasteiger partial charge is 0.493 e. The van der Waals surface area contributed by atoms with Gasteiger partial charge in [0.25, 0.3) is 11.8 Å². The first kappa shape index (κ1) is 24.9. The number of barbiturate groups is 1. The minimum Gasteiger partial charge on any atom is -0.493 e. The summed E-state index contributed by atoms with van der Waals surface area (Å²) < 4.78 is 13.2. The highest BCUT2D eigenvalue weighted by molar-refractivity contribution is 14.1. The van der Waals surface area contributed by atoms with Gasteiger partial charge in [-0.05, 0) is 83.1 Å². The van der Waals surface area contributed by atoms with Crippen LogP contribution in [0.15, 0.2) is 70.7 Å². The number of urea groups is 1. The molecule has 1 heterocycles. The van der Waals surface area contributed by atoms with Gasteiger partial charge in [-0.3, -0.25) is 14.9 Å². The standard InChI is InChI=1S/C26H20BrIN2O5/c1-15-3-9-19(10-4-15)30-25(32)20(24(31)29-26(30)33)11-17-12-21(28)23(22(13-17)34-2)35-14-16-5-7-18(27)8-6-16/h3-13H,14H2,1-2H3,(H,29,31,33)/b20-11+. The molecular formula is C26H20BrIN2O5. The van der Waals surface area contributed by atoms with Crippen molar-refractivity contribution in [3.63, 3.8) is 0 Å². The van der Waals surface area contributed by atoms with Crippen LogP contribution in [0.2, 0.25) is 0 Å².